The monoisotopic (exact) mass is 602 g/mol. The Morgan fingerprint density at radius 2 is 1.04 bits per heavy atom. The molecule has 3 aromatic heterocycles. The van der Waals surface area contributed by atoms with Crippen molar-refractivity contribution in [2.24, 2.45) is 0 Å². The van der Waals surface area contributed by atoms with Gasteiger partial charge in [0.15, 0.2) is 5.82 Å². The van der Waals surface area contributed by atoms with Crippen LogP contribution in [0.25, 0.3) is 77.6 Å². The molecule has 0 unspecified atom stereocenters. The van der Waals surface area contributed by atoms with Gasteiger partial charge in [-0.15, -0.1) is 0 Å². The Morgan fingerprint density at radius 3 is 1.74 bits per heavy atom. The van der Waals surface area contributed by atoms with Gasteiger partial charge in [0.2, 0.25) is 0 Å². The zero-order chi connectivity index (χ0) is 31.3. The molecule has 4 heteroatoms. The number of aromatic nitrogens is 4. The lowest BCUT2D eigenvalue weighted by Gasteiger charge is -2.21. The Labute approximate surface area is 272 Å². The van der Waals surface area contributed by atoms with Gasteiger partial charge in [-0.25, -0.2) is 9.97 Å². The van der Waals surface area contributed by atoms with E-state index in [4.69, 9.17) is 9.97 Å². The van der Waals surface area contributed by atoms with E-state index in [0.29, 0.717) is 0 Å². The van der Waals surface area contributed by atoms with Gasteiger partial charge in [-0.2, -0.15) is 0 Å². The van der Waals surface area contributed by atoms with Gasteiger partial charge in [0, 0.05) is 43.8 Å². The van der Waals surface area contributed by atoms with E-state index >= 15 is 0 Å². The van der Waals surface area contributed by atoms with Gasteiger partial charge in [0.25, 0.3) is 0 Å². The molecule has 0 saturated carbocycles. The molecule has 47 heavy (non-hydrogen) atoms. The minimum absolute atomic E-state index is 0.292. The van der Waals surface area contributed by atoms with Gasteiger partial charge >= 0.3 is 0 Å². The summed E-state index contributed by atoms with van der Waals surface area (Å²) >= 11 is 0. The lowest BCUT2D eigenvalue weighted by atomic mass is 9.85. The number of hydrogen-bond donors (Lipinski definition) is 0. The normalized spacial score (nSPS) is 13.5. The standard InChI is InChI=1S/C43H30N4/c1-43(2)34-22-12-9-21-33(34)37-40(43)44-41(27-15-5-3-6-16-27)45-42(37)47-36-24-14-11-20-30(36)32-26-25-31-29-19-10-13-23-35(29)46(38(31)39(32)47)28-17-7-4-8-18-28/h3-26H,1-2H3. The molecule has 0 fully saturated rings. The minimum Gasteiger partial charge on any atom is -0.307 e. The number of rotatable bonds is 3. The van der Waals surface area contributed by atoms with Crippen LogP contribution in [-0.2, 0) is 5.41 Å². The van der Waals surface area contributed by atoms with Crippen molar-refractivity contribution in [3.05, 3.63) is 157 Å². The van der Waals surface area contributed by atoms with E-state index in [0.717, 1.165) is 45.2 Å². The maximum absolute atomic E-state index is 5.53. The van der Waals surface area contributed by atoms with Crippen molar-refractivity contribution in [3.63, 3.8) is 0 Å². The van der Waals surface area contributed by atoms with Crippen LogP contribution in [0.1, 0.15) is 25.1 Å². The van der Waals surface area contributed by atoms with Gasteiger partial charge < -0.3 is 4.57 Å². The first-order valence-electron chi connectivity index (χ1n) is 16.2. The molecule has 0 N–H and O–H groups in total. The van der Waals surface area contributed by atoms with Crippen LogP contribution in [0.3, 0.4) is 0 Å². The van der Waals surface area contributed by atoms with Crippen molar-refractivity contribution in [3.8, 4) is 34.0 Å². The highest BCUT2D eigenvalue weighted by atomic mass is 15.1. The van der Waals surface area contributed by atoms with Crippen molar-refractivity contribution < 1.29 is 0 Å². The molecule has 0 spiro atoms. The molecule has 6 aromatic carbocycles. The van der Waals surface area contributed by atoms with Crippen molar-refractivity contribution in [1.82, 2.24) is 19.1 Å². The molecule has 10 rings (SSSR count). The summed E-state index contributed by atoms with van der Waals surface area (Å²) in [5, 5.41) is 4.85. The fourth-order valence-electron chi connectivity index (χ4n) is 7.97. The molecule has 0 aliphatic heterocycles. The minimum atomic E-state index is -0.292. The first-order valence-corrected chi connectivity index (χ1v) is 16.2. The van der Waals surface area contributed by atoms with Crippen LogP contribution < -0.4 is 0 Å². The molecule has 0 radical (unpaired) electrons. The summed E-state index contributed by atoms with van der Waals surface area (Å²) in [4.78, 5) is 10.9. The largest absolute Gasteiger partial charge is 0.307 e. The highest BCUT2D eigenvalue weighted by Gasteiger charge is 2.40. The van der Waals surface area contributed by atoms with Gasteiger partial charge in [0.05, 0.1) is 27.8 Å². The highest BCUT2D eigenvalue weighted by Crippen LogP contribution is 2.51. The predicted octanol–water partition coefficient (Wildman–Crippen LogP) is 10.6. The second kappa shape index (κ2) is 9.51. The number of fused-ring (bicyclic) bond motifs is 10. The second-order valence-electron chi connectivity index (χ2n) is 13.0. The number of nitrogens with zero attached hydrogens (tertiary/aromatic N) is 4. The zero-order valence-corrected chi connectivity index (χ0v) is 26.1. The van der Waals surface area contributed by atoms with Crippen molar-refractivity contribution in [2.75, 3.05) is 0 Å². The smallest absolute Gasteiger partial charge is 0.161 e. The van der Waals surface area contributed by atoms with Crippen LogP contribution in [0.2, 0.25) is 0 Å². The lowest BCUT2D eigenvalue weighted by Crippen LogP contribution is -2.18. The third-order valence-corrected chi connectivity index (χ3v) is 10.1. The fraction of sp³-hybridized carbons (Fsp3) is 0.0698. The Kier molecular flexibility index (Phi) is 5.31. The van der Waals surface area contributed by atoms with E-state index in [1.165, 1.54) is 43.7 Å². The van der Waals surface area contributed by atoms with E-state index in [-0.39, 0.29) is 5.41 Å². The molecule has 3 heterocycles. The van der Waals surface area contributed by atoms with Gasteiger partial charge in [-0.1, -0.05) is 135 Å². The fourth-order valence-corrected chi connectivity index (χ4v) is 7.97. The second-order valence-corrected chi connectivity index (χ2v) is 13.0. The van der Waals surface area contributed by atoms with E-state index in [2.05, 4.69) is 163 Å². The summed E-state index contributed by atoms with van der Waals surface area (Å²) in [6.45, 7) is 4.58. The van der Waals surface area contributed by atoms with Crippen LogP contribution in [0.15, 0.2) is 146 Å². The average molecular weight is 603 g/mol. The summed E-state index contributed by atoms with van der Waals surface area (Å²) in [5.74, 6) is 1.65. The molecule has 1 aliphatic rings. The van der Waals surface area contributed by atoms with Crippen LogP contribution in [0.5, 0.6) is 0 Å². The number of benzene rings is 6. The SMILES string of the molecule is CC1(C)c2ccccc2-c2c(-n3c4ccccc4c4ccc5c6ccccc6n(-c6ccccc6)c5c43)nc(-c3ccccc3)nc21. The number of para-hydroxylation sites is 3. The van der Waals surface area contributed by atoms with Crippen LogP contribution >= 0.6 is 0 Å². The third-order valence-electron chi connectivity index (χ3n) is 10.1. The molecular weight excluding hydrogens is 573 g/mol. The summed E-state index contributed by atoms with van der Waals surface area (Å²) < 4.78 is 4.86. The molecule has 0 atom stereocenters. The van der Waals surface area contributed by atoms with Crippen molar-refractivity contribution in [1.29, 1.82) is 0 Å². The topological polar surface area (TPSA) is 35.6 Å². The Morgan fingerprint density at radius 1 is 0.489 bits per heavy atom. The van der Waals surface area contributed by atoms with Crippen LogP contribution in [0, 0.1) is 0 Å². The molecule has 0 amide bonds. The van der Waals surface area contributed by atoms with Crippen molar-refractivity contribution in [2.45, 2.75) is 19.3 Å². The first-order chi connectivity index (χ1) is 23.1. The lowest BCUT2D eigenvalue weighted by molar-refractivity contribution is 0.635. The van der Waals surface area contributed by atoms with E-state index in [1.807, 2.05) is 6.07 Å². The van der Waals surface area contributed by atoms with E-state index in [1.54, 1.807) is 0 Å². The van der Waals surface area contributed by atoms with Crippen molar-refractivity contribution >= 4 is 43.6 Å². The molecule has 9 aromatic rings. The number of hydrogen-bond acceptors (Lipinski definition) is 2. The Balaban J connectivity index is 1.46. The van der Waals surface area contributed by atoms with E-state index < -0.39 is 0 Å². The maximum Gasteiger partial charge on any atom is 0.161 e. The molecular formula is C43H30N4. The maximum atomic E-state index is 5.53. The van der Waals surface area contributed by atoms with Gasteiger partial charge in [-0.05, 0) is 35.4 Å². The summed E-state index contributed by atoms with van der Waals surface area (Å²) in [6, 6.07) is 52.0. The predicted molar refractivity (Wildman–Crippen MR) is 194 cm³/mol. The summed E-state index contributed by atoms with van der Waals surface area (Å²) in [5.41, 5.74) is 11.1. The third kappa shape index (κ3) is 3.53. The summed E-state index contributed by atoms with van der Waals surface area (Å²) in [7, 11) is 0. The Hall–Kier alpha value is -6.00. The quantitative estimate of drug-likeness (QED) is 0.202. The molecule has 0 bridgehead atoms. The highest BCUT2D eigenvalue weighted by molar-refractivity contribution is 6.24. The zero-order valence-electron chi connectivity index (χ0n) is 26.1. The summed E-state index contributed by atoms with van der Waals surface area (Å²) in [6.07, 6.45) is 0. The van der Waals surface area contributed by atoms with Gasteiger partial charge in [-0.3, -0.25) is 4.57 Å². The molecule has 1 aliphatic carbocycles. The average Bonchev–Trinajstić information content (AvgIpc) is 3.72. The van der Waals surface area contributed by atoms with Crippen LogP contribution in [-0.4, -0.2) is 19.1 Å². The van der Waals surface area contributed by atoms with E-state index in [9.17, 15) is 0 Å². The molecule has 0 saturated heterocycles. The molecule has 4 nitrogen and oxygen atoms in total. The first kappa shape index (κ1) is 26.2. The van der Waals surface area contributed by atoms with Crippen LogP contribution in [0.4, 0.5) is 0 Å². The van der Waals surface area contributed by atoms with Gasteiger partial charge in [0.1, 0.15) is 5.82 Å². The Bertz CT molecular complexity index is 2700. The molecule has 222 valence electrons.